The maximum Gasteiger partial charge on any atom is 0.353 e. The van der Waals surface area contributed by atoms with E-state index >= 15 is 0 Å². The Morgan fingerprint density at radius 2 is 1.71 bits per heavy atom. The van der Waals surface area contributed by atoms with Crippen LogP contribution in [-0.2, 0) is 14.3 Å². The van der Waals surface area contributed by atoms with Crippen molar-refractivity contribution in [1.82, 2.24) is 0 Å². The molecule has 1 saturated heterocycles. The summed E-state index contributed by atoms with van der Waals surface area (Å²) in [5.41, 5.74) is 0.983. The fraction of sp³-hybridized carbons (Fsp3) is 0.231. The van der Waals surface area contributed by atoms with Gasteiger partial charge in [0.15, 0.2) is 12.4 Å². The number of hydrogen-bond donors (Lipinski definition) is 0. The first kappa shape index (κ1) is 24.2. The van der Waals surface area contributed by atoms with Gasteiger partial charge in [0.2, 0.25) is 5.91 Å². The maximum atomic E-state index is 12.5. The van der Waals surface area contributed by atoms with Gasteiger partial charge in [-0.1, -0.05) is 6.07 Å². The molecule has 3 aromatic rings. The van der Waals surface area contributed by atoms with Crippen LogP contribution in [-0.4, -0.2) is 43.4 Å². The molecule has 1 aliphatic heterocycles. The van der Waals surface area contributed by atoms with Crippen LogP contribution in [0.25, 0.3) is 0 Å². The van der Waals surface area contributed by atoms with Gasteiger partial charge in [0, 0.05) is 24.2 Å². The quantitative estimate of drug-likeness (QED) is 0.251. The van der Waals surface area contributed by atoms with Crippen molar-refractivity contribution in [2.75, 3.05) is 24.7 Å². The molecule has 9 heteroatoms. The van der Waals surface area contributed by atoms with Crippen LogP contribution in [0.4, 0.5) is 5.69 Å². The fourth-order valence-corrected chi connectivity index (χ4v) is 4.20. The minimum atomic E-state index is -0.652. The summed E-state index contributed by atoms with van der Waals surface area (Å²) in [6.45, 7) is 2.17. The number of ether oxygens (including phenoxy) is 3. The van der Waals surface area contributed by atoms with Crippen LogP contribution in [0.5, 0.6) is 11.5 Å². The molecule has 4 rings (SSSR count). The normalized spacial score (nSPS) is 15.1. The predicted molar refractivity (Wildman–Crippen MR) is 129 cm³/mol. The first-order valence-electron chi connectivity index (χ1n) is 11.0. The van der Waals surface area contributed by atoms with Crippen LogP contribution in [0.3, 0.4) is 0 Å². The monoisotopic (exact) mass is 493 g/mol. The average Bonchev–Trinajstić information content (AvgIpc) is 3.54. The van der Waals surface area contributed by atoms with E-state index in [1.54, 1.807) is 41.8 Å². The number of amides is 1. The molecule has 35 heavy (non-hydrogen) atoms. The molecule has 180 valence electrons. The van der Waals surface area contributed by atoms with E-state index in [0.29, 0.717) is 34.2 Å². The Morgan fingerprint density at radius 1 is 1.00 bits per heavy atom. The smallest absolute Gasteiger partial charge is 0.353 e. The van der Waals surface area contributed by atoms with Crippen molar-refractivity contribution < 1.29 is 33.4 Å². The highest BCUT2D eigenvalue weighted by Gasteiger charge is 2.36. The fourth-order valence-electron chi connectivity index (χ4n) is 3.60. The molecule has 0 spiro atoms. The van der Waals surface area contributed by atoms with E-state index in [1.165, 1.54) is 40.5 Å². The summed E-state index contributed by atoms with van der Waals surface area (Å²) < 4.78 is 15.9. The van der Waals surface area contributed by atoms with E-state index < -0.39 is 30.2 Å². The molecule has 0 aliphatic carbocycles. The molecule has 1 fully saturated rings. The standard InChI is InChI=1S/C26H23NO7S/c1-2-32-20-11-7-19(8-12-20)27-15-18(14-24(27)29)25(30)33-16-22(28)17-5-9-21(10-6-17)34-26(31)23-4-3-13-35-23/h3-13,18H,2,14-16H2,1H3/t18-/m1/s1. The molecule has 1 aliphatic rings. The molecule has 8 nitrogen and oxygen atoms in total. The lowest BCUT2D eigenvalue weighted by Gasteiger charge is -2.17. The van der Waals surface area contributed by atoms with Gasteiger partial charge in [0.1, 0.15) is 16.4 Å². The molecule has 0 saturated carbocycles. The second kappa shape index (κ2) is 11.0. The Balaban J connectivity index is 1.27. The molecule has 0 radical (unpaired) electrons. The summed E-state index contributed by atoms with van der Waals surface area (Å²) in [6, 6.07) is 16.5. The van der Waals surface area contributed by atoms with E-state index in [4.69, 9.17) is 14.2 Å². The van der Waals surface area contributed by atoms with Crippen molar-refractivity contribution in [1.29, 1.82) is 0 Å². The van der Waals surface area contributed by atoms with Crippen molar-refractivity contribution in [2.45, 2.75) is 13.3 Å². The Hall–Kier alpha value is -3.98. The van der Waals surface area contributed by atoms with Gasteiger partial charge in [0.25, 0.3) is 0 Å². The van der Waals surface area contributed by atoms with Gasteiger partial charge in [-0.05, 0) is 66.9 Å². The van der Waals surface area contributed by atoms with E-state index in [0.717, 1.165) is 0 Å². The zero-order chi connectivity index (χ0) is 24.8. The summed E-state index contributed by atoms with van der Waals surface area (Å²) in [6.07, 6.45) is 0.0184. The summed E-state index contributed by atoms with van der Waals surface area (Å²) >= 11 is 1.27. The van der Waals surface area contributed by atoms with E-state index in [9.17, 15) is 19.2 Å². The van der Waals surface area contributed by atoms with Crippen molar-refractivity contribution in [2.24, 2.45) is 5.92 Å². The molecule has 0 unspecified atom stereocenters. The Morgan fingerprint density at radius 3 is 2.37 bits per heavy atom. The van der Waals surface area contributed by atoms with Gasteiger partial charge >= 0.3 is 11.9 Å². The highest BCUT2D eigenvalue weighted by Crippen LogP contribution is 2.27. The van der Waals surface area contributed by atoms with Gasteiger partial charge < -0.3 is 19.1 Å². The number of benzene rings is 2. The van der Waals surface area contributed by atoms with Crippen molar-refractivity contribution in [3.8, 4) is 11.5 Å². The lowest BCUT2D eigenvalue weighted by Crippen LogP contribution is -2.27. The van der Waals surface area contributed by atoms with Crippen LogP contribution in [0, 0.1) is 5.92 Å². The topological polar surface area (TPSA) is 99.2 Å². The number of rotatable bonds is 9. The molecular weight excluding hydrogens is 470 g/mol. The first-order chi connectivity index (χ1) is 16.9. The SMILES string of the molecule is CCOc1ccc(N2C[C@H](C(=O)OCC(=O)c3ccc(OC(=O)c4cccs4)cc3)CC2=O)cc1. The molecule has 1 amide bonds. The lowest BCUT2D eigenvalue weighted by atomic mass is 10.1. The maximum absolute atomic E-state index is 12.5. The van der Waals surface area contributed by atoms with E-state index in [-0.39, 0.29) is 18.9 Å². The summed E-state index contributed by atoms with van der Waals surface area (Å²) in [7, 11) is 0. The minimum Gasteiger partial charge on any atom is -0.494 e. The Bertz CT molecular complexity index is 1200. The third kappa shape index (κ3) is 5.93. The Kier molecular flexibility index (Phi) is 7.57. The highest BCUT2D eigenvalue weighted by molar-refractivity contribution is 7.12. The zero-order valence-electron chi connectivity index (χ0n) is 19.0. The van der Waals surface area contributed by atoms with Crippen LogP contribution in [0.1, 0.15) is 33.4 Å². The number of ketones is 1. The van der Waals surface area contributed by atoms with Gasteiger partial charge in [-0.3, -0.25) is 14.4 Å². The number of carbonyl (C=O) groups is 4. The number of carbonyl (C=O) groups excluding carboxylic acids is 4. The van der Waals surface area contributed by atoms with Crippen molar-refractivity contribution in [3.63, 3.8) is 0 Å². The third-order valence-electron chi connectivity index (χ3n) is 5.37. The van der Waals surface area contributed by atoms with Gasteiger partial charge in [-0.2, -0.15) is 0 Å². The third-order valence-corrected chi connectivity index (χ3v) is 6.22. The number of anilines is 1. The number of thiophene rings is 1. The molecule has 1 atom stereocenters. The molecule has 2 aromatic carbocycles. The van der Waals surface area contributed by atoms with Crippen molar-refractivity contribution >= 4 is 40.7 Å². The predicted octanol–water partition coefficient (Wildman–Crippen LogP) is 4.15. The molecule has 0 bridgehead atoms. The van der Waals surface area contributed by atoms with E-state index in [2.05, 4.69) is 0 Å². The molecule has 0 N–H and O–H groups in total. The van der Waals surface area contributed by atoms with Crippen LogP contribution in [0.15, 0.2) is 66.0 Å². The largest absolute Gasteiger partial charge is 0.494 e. The Labute approximate surface area is 206 Å². The zero-order valence-corrected chi connectivity index (χ0v) is 19.8. The number of esters is 2. The van der Waals surface area contributed by atoms with Gasteiger partial charge in [-0.25, -0.2) is 4.79 Å². The second-order valence-corrected chi connectivity index (χ2v) is 8.70. The van der Waals surface area contributed by atoms with Crippen LogP contribution < -0.4 is 14.4 Å². The average molecular weight is 494 g/mol. The van der Waals surface area contributed by atoms with Gasteiger partial charge in [0.05, 0.1) is 12.5 Å². The molecule has 2 heterocycles. The highest BCUT2D eigenvalue weighted by atomic mass is 32.1. The van der Waals surface area contributed by atoms with Crippen molar-refractivity contribution in [3.05, 3.63) is 76.5 Å². The minimum absolute atomic E-state index is 0.0184. The van der Waals surface area contributed by atoms with Crippen LogP contribution >= 0.6 is 11.3 Å². The summed E-state index contributed by atoms with van der Waals surface area (Å²) in [5, 5.41) is 1.78. The second-order valence-electron chi connectivity index (χ2n) is 7.75. The molecular formula is C26H23NO7S. The summed E-state index contributed by atoms with van der Waals surface area (Å²) in [5.74, 6) is -1.31. The number of hydrogen-bond acceptors (Lipinski definition) is 8. The van der Waals surface area contributed by atoms with E-state index in [1.807, 2.05) is 6.92 Å². The lowest BCUT2D eigenvalue weighted by molar-refractivity contribution is -0.147. The number of nitrogens with zero attached hydrogens (tertiary/aromatic N) is 1. The molecule has 1 aromatic heterocycles. The number of Topliss-reactive ketones (excluding diaryl/α,β-unsaturated/α-hetero) is 1. The van der Waals surface area contributed by atoms with Crippen LogP contribution in [0.2, 0.25) is 0 Å². The first-order valence-corrected chi connectivity index (χ1v) is 11.9. The summed E-state index contributed by atoms with van der Waals surface area (Å²) in [4.78, 5) is 51.4. The van der Waals surface area contributed by atoms with Gasteiger partial charge in [-0.15, -0.1) is 11.3 Å².